The fourth-order valence-electron chi connectivity index (χ4n) is 2.54. The summed E-state index contributed by atoms with van der Waals surface area (Å²) < 4.78 is 13.7. The first-order valence-electron chi connectivity index (χ1n) is 8.63. The van der Waals surface area contributed by atoms with Crippen molar-refractivity contribution in [2.75, 3.05) is 11.9 Å². The van der Waals surface area contributed by atoms with Crippen molar-refractivity contribution in [2.45, 2.75) is 19.9 Å². The van der Waals surface area contributed by atoms with Crippen LogP contribution in [0, 0.1) is 12.7 Å². The molecule has 0 spiro atoms. The van der Waals surface area contributed by atoms with E-state index in [0.29, 0.717) is 36.7 Å². The number of aromatic nitrogens is 3. The number of halogens is 1. The van der Waals surface area contributed by atoms with Crippen LogP contribution in [-0.2, 0) is 13.0 Å². The summed E-state index contributed by atoms with van der Waals surface area (Å²) in [5, 5.41) is 5.84. The first kappa shape index (κ1) is 18.4. The molecule has 27 heavy (non-hydrogen) atoms. The Hall–Kier alpha value is -3.35. The molecule has 3 aromatic rings. The van der Waals surface area contributed by atoms with E-state index in [1.165, 1.54) is 6.07 Å². The molecule has 0 radical (unpaired) electrons. The summed E-state index contributed by atoms with van der Waals surface area (Å²) in [6, 6.07) is 13.8. The average Bonchev–Trinajstić information content (AvgIpc) is 2.68. The van der Waals surface area contributed by atoms with Gasteiger partial charge in [0.2, 0.25) is 5.95 Å². The van der Waals surface area contributed by atoms with Crippen LogP contribution < -0.4 is 10.6 Å². The molecule has 0 atom stereocenters. The topological polar surface area (TPSA) is 79.8 Å². The molecule has 6 nitrogen and oxygen atoms in total. The predicted molar refractivity (Wildman–Crippen MR) is 101 cm³/mol. The van der Waals surface area contributed by atoms with Crippen LogP contribution in [0.15, 0.2) is 54.7 Å². The third-order valence-corrected chi connectivity index (χ3v) is 3.88. The number of aryl methyl sites for hydroxylation is 1. The number of pyridine rings is 1. The summed E-state index contributed by atoms with van der Waals surface area (Å²) in [7, 11) is 0. The highest BCUT2D eigenvalue weighted by atomic mass is 19.1. The lowest BCUT2D eigenvalue weighted by Crippen LogP contribution is -2.25. The highest BCUT2D eigenvalue weighted by molar-refractivity contribution is 5.92. The molecular formula is C20H20FN5O. The molecule has 2 heterocycles. The van der Waals surface area contributed by atoms with Crippen molar-refractivity contribution >= 4 is 11.9 Å². The van der Waals surface area contributed by atoms with E-state index in [2.05, 4.69) is 25.6 Å². The van der Waals surface area contributed by atoms with E-state index in [-0.39, 0.29) is 17.4 Å². The second-order valence-electron chi connectivity index (χ2n) is 5.99. The van der Waals surface area contributed by atoms with Gasteiger partial charge < -0.3 is 10.6 Å². The molecular weight excluding hydrogens is 345 g/mol. The van der Waals surface area contributed by atoms with Crippen LogP contribution in [-0.4, -0.2) is 27.4 Å². The molecule has 0 saturated carbocycles. The summed E-state index contributed by atoms with van der Waals surface area (Å²) in [4.78, 5) is 25.1. The van der Waals surface area contributed by atoms with Crippen LogP contribution in [0.3, 0.4) is 0 Å². The van der Waals surface area contributed by atoms with E-state index in [4.69, 9.17) is 0 Å². The first-order chi connectivity index (χ1) is 13.1. The zero-order valence-electron chi connectivity index (χ0n) is 14.9. The van der Waals surface area contributed by atoms with Crippen molar-refractivity contribution in [2.24, 2.45) is 0 Å². The zero-order chi connectivity index (χ0) is 19.1. The van der Waals surface area contributed by atoms with Crippen molar-refractivity contribution in [3.05, 3.63) is 83.2 Å². The van der Waals surface area contributed by atoms with Gasteiger partial charge in [-0.05, 0) is 43.2 Å². The second kappa shape index (κ2) is 8.84. The Morgan fingerprint density at radius 1 is 1.11 bits per heavy atom. The van der Waals surface area contributed by atoms with Crippen LogP contribution in [0.5, 0.6) is 0 Å². The molecule has 1 aromatic carbocycles. The lowest BCUT2D eigenvalue weighted by atomic mass is 10.1. The van der Waals surface area contributed by atoms with Crippen LogP contribution >= 0.6 is 0 Å². The Bertz CT molecular complexity index is 917. The standard InChI is InChI=1S/C20H20FN5O/c1-14-12-18(19(27)24-13-16-7-4-5-10-22-16)26-20(25-14)23-11-9-15-6-2-3-8-17(15)21/h2-8,10,12H,9,11,13H2,1H3,(H,24,27)(H,23,25,26). The highest BCUT2D eigenvalue weighted by Gasteiger charge is 2.11. The van der Waals surface area contributed by atoms with Gasteiger partial charge in [0.15, 0.2) is 0 Å². The summed E-state index contributed by atoms with van der Waals surface area (Å²) >= 11 is 0. The zero-order valence-corrected chi connectivity index (χ0v) is 14.9. The molecule has 0 saturated heterocycles. The Balaban J connectivity index is 1.60. The minimum atomic E-state index is -0.302. The summed E-state index contributed by atoms with van der Waals surface area (Å²) in [5.74, 6) is -0.198. The van der Waals surface area contributed by atoms with Gasteiger partial charge in [-0.2, -0.15) is 0 Å². The largest absolute Gasteiger partial charge is 0.354 e. The number of nitrogens with zero attached hydrogens (tertiary/aromatic N) is 3. The number of hydrogen-bond donors (Lipinski definition) is 2. The van der Waals surface area contributed by atoms with E-state index < -0.39 is 0 Å². The van der Waals surface area contributed by atoms with Gasteiger partial charge in [0.25, 0.3) is 5.91 Å². The van der Waals surface area contributed by atoms with Gasteiger partial charge >= 0.3 is 0 Å². The van der Waals surface area contributed by atoms with E-state index in [9.17, 15) is 9.18 Å². The van der Waals surface area contributed by atoms with E-state index in [0.717, 1.165) is 5.69 Å². The molecule has 0 fully saturated rings. The van der Waals surface area contributed by atoms with Gasteiger partial charge in [0, 0.05) is 18.4 Å². The van der Waals surface area contributed by atoms with Gasteiger partial charge in [0.05, 0.1) is 12.2 Å². The lowest BCUT2D eigenvalue weighted by Gasteiger charge is -2.09. The molecule has 0 aliphatic rings. The maximum atomic E-state index is 13.7. The number of amides is 1. The smallest absolute Gasteiger partial charge is 0.270 e. The Morgan fingerprint density at radius 3 is 2.70 bits per heavy atom. The van der Waals surface area contributed by atoms with Gasteiger partial charge in [-0.25, -0.2) is 14.4 Å². The van der Waals surface area contributed by atoms with E-state index in [1.807, 2.05) is 18.2 Å². The number of rotatable bonds is 7. The number of anilines is 1. The molecule has 1 amide bonds. The van der Waals surface area contributed by atoms with E-state index >= 15 is 0 Å². The Morgan fingerprint density at radius 2 is 1.93 bits per heavy atom. The molecule has 0 aliphatic heterocycles. The van der Waals surface area contributed by atoms with Crippen LogP contribution in [0.25, 0.3) is 0 Å². The normalized spacial score (nSPS) is 10.4. The Labute approximate surface area is 156 Å². The van der Waals surface area contributed by atoms with Crippen LogP contribution in [0.2, 0.25) is 0 Å². The van der Waals surface area contributed by atoms with Crippen molar-refractivity contribution < 1.29 is 9.18 Å². The van der Waals surface area contributed by atoms with Crippen molar-refractivity contribution in [3.63, 3.8) is 0 Å². The fourth-order valence-corrected chi connectivity index (χ4v) is 2.54. The average molecular weight is 365 g/mol. The highest BCUT2D eigenvalue weighted by Crippen LogP contribution is 2.09. The number of benzene rings is 1. The molecule has 2 aromatic heterocycles. The van der Waals surface area contributed by atoms with Crippen molar-refractivity contribution in [3.8, 4) is 0 Å². The first-order valence-corrected chi connectivity index (χ1v) is 8.63. The molecule has 7 heteroatoms. The Kier molecular flexibility index (Phi) is 6.04. The minimum Gasteiger partial charge on any atom is -0.354 e. The molecule has 0 aliphatic carbocycles. The number of hydrogen-bond acceptors (Lipinski definition) is 5. The minimum absolute atomic E-state index is 0.237. The fraction of sp³-hybridized carbons (Fsp3) is 0.200. The summed E-state index contributed by atoms with van der Waals surface area (Å²) in [5.41, 5.74) is 2.32. The van der Waals surface area contributed by atoms with Crippen molar-refractivity contribution in [1.82, 2.24) is 20.3 Å². The number of nitrogens with one attached hydrogen (secondary N) is 2. The van der Waals surface area contributed by atoms with Crippen molar-refractivity contribution in [1.29, 1.82) is 0 Å². The summed E-state index contributed by atoms with van der Waals surface area (Å²) in [6.45, 7) is 2.57. The number of carbonyl (C=O) groups excluding carboxylic acids is 1. The molecule has 138 valence electrons. The maximum Gasteiger partial charge on any atom is 0.270 e. The van der Waals surface area contributed by atoms with Gasteiger partial charge in [-0.15, -0.1) is 0 Å². The third-order valence-electron chi connectivity index (χ3n) is 3.88. The lowest BCUT2D eigenvalue weighted by molar-refractivity contribution is 0.0945. The van der Waals surface area contributed by atoms with E-state index in [1.54, 1.807) is 37.4 Å². The predicted octanol–water partition coefficient (Wildman–Crippen LogP) is 2.90. The molecule has 2 N–H and O–H groups in total. The SMILES string of the molecule is Cc1cc(C(=O)NCc2ccccn2)nc(NCCc2ccccc2F)n1. The van der Waals surface area contributed by atoms with Crippen LogP contribution in [0.1, 0.15) is 27.4 Å². The molecule has 3 rings (SSSR count). The summed E-state index contributed by atoms with van der Waals surface area (Å²) in [6.07, 6.45) is 2.17. The second-order valence-corrected chi connectivity index (χ2v) is 5.99. The van der Waals surface area contributed by atoms with Gasteiger partial charge in [-0.3, -0.25) is 9.78 Å². The maximum absolute atomic E-state index is 13.7. The number of carbonyl (C=O) groups is 1. The third kappa shape index (κ3) is 5.31. The molecule has 0 unspecified atom stereocenters. The van der Waals surface area contributed by atoms with Gasteiger partial charge in [-0.1, -0.05) is 24.3 Å². The quantitative estimate of drug-likeness (QED) is 0.673. The van der Waals surface area contributed by atoms with Gasteiger partial charge in [0.1, 0.15) is 11.5 Å². The monoisotopic (exact) mass is 365 g/mol. The van der Waals surface area contributed by atoms with Crippen LogP contribution in [0.4, 0.5) is 10.3 Å². The molecule has 0 bridgehead atoms.